The van der Waals surface area contributed by atoms with Gasteiger partial charge in [0.1, 0.15) is 0 Å². The van der Waals surface area contributed by atoms with Crippen molar-refractivity contribution in [1.29, 1.82) is 0 Å². The minimum atomic E-state index is -0.296. The lowest BCUT2D eigenvalue weighted by Gasteiger charge is -2.45. The third kappa shape index (κ3) is 1.76. The minimum absolute atomic E-state index is 0.296. The standard InChI is InChI=1S/C10H20O/c1-4-8(2)7-10(11)6-5-9(10)3/h8-9,11H,4-7H2,1-3H3. The maximum Gasteiger partial charge on any atom is 0.0675 e. The highest BCUT2D eigenvalue weighted by Crippen LogP contribution is 2.42. The number of hydrogen-bond acceptors (Lipinski definition) is 1. The first-order valence-electron chi connectivity index (χ1n) is 4.81. The molecule has 66 valence electrons. The smallest absolute Gasteiger partial charge is 0.0675 e. The second-order valence-corrected chi connectivity index (χ2v) is 4.26. The Balaban J connectivity index is 2.35. The summed E-state index contributed by atoms with van der Waals surface area (Å²) in [6, 6.07) is 0. The van der Waals surface area contributed by atoms with E-state index < -0.39 is 0 Å². The summed E-state index contributed by atoms with van der Waals surface area (Å²) in [4.78, 5) is 0. The van der Waals surface area contributed by atoms with Gasteiger partial charge < -0.3 is 5.11 Å². The molecule has 1 fully saturated rings. The Labute approximate surface area is 69.8 Å². The van der Waals surface area contributed by atoms with Gasteiger partial charge in [-0.2, -0.15) is 0 Å². The second kappa shape index (κ2) is 3.14. The van der Waals surface area contributed by atoms with Gasteiger partial charge in [0.05, 0.1) is 5.60 Å². The van der Waals surface area contributed by atoms with Crippen LogP contribution in [0.3, 0.4) is 0 Å². The summed E-state index contributed by atoms with van der Waals surface area (Å²) in [7, 11) is 0. The maximum atomic E-state index is 9.98. The molecule has 0 heterocycles. The first kappa shape index (κ1) is 9.05. The second-order valence-electron chi connectivity index (χ2n) is 4.26. The third-order valence-corrected chi connectivity index (χ3v) is 3.33. The van der Waals surface area contributed by atoms with Gasteiger partial charge in [0.2, 0.25) is 0 Å². The van der Waals surface area contributed by atoms with Crippen molar-refractivity contribution in [1.82, 2.24) is 0 Å². The average Bonchev–Trinajstić information content (AvgIpc) is 2.01. The summed E-state index contributed by atoms with van der Waals surface area (Å²) in [6.07, 6.45) is 4.44. The molecule has 1 aliphatic rings. The Hall–Kier alpha value is -0.0400. The van der Waals surface area contributed by atoms with Crippen LogP contribution in [0.5, 0.6) is 0 Å². The molecule has 0 amide bonds. The fourth-order valence-corrected chi connectivity index (χ4v) is 1.82. The summed E-state index contributed by atoms with van der Waals surface area (Å²) in [5.74, 6) is 1.22. The largest absolute Gasteiger partial charge is 0.390 e. The van der Waals surface area contributed by atoms with Gasteiger partial charge in [-0.15, -0.1) is 0 Å². The lowest BCUT2D eigenvalue weighted by Crippen LogP contribution is -2.46. The normalized spacial score (nSPS) is 39.8. The van der Waals surface area contributed by atoms with Crippen molar-refractivity contribution in [3.8, 4) is 0 Å². The van der Waals surface area contributed by atoms with Crippen molar-refractivity contribution < 1.29 is 5.11 Å². The lowest BCUT2D eigenvalue weighted by atomic mass is 9.66. The molecule has 0 aromatic heterocycles. The zero-order chi connectivity index (χ0) is 8.48. The topological polar surface area (TPSA) is 20.2 Å². The predicted octanol–water partition coefficient (Wildman–Crippen LogP) is 2.58. The molecule has 1 nitrogen and oxygen atoms in total. The predicted molar refractivity (Wildman–Crippen MR) is 47.4 cm³/mol. The molecular weight excluding hydrogens is 136 g/mol. The van der Waals surface area contributed by atoms with Crippen LogP contribution in [0.2, 0.25) is 0 Å². The number of aliphatic hydroxyl groups is 1. The molecule has 1 rings (SSSR count). The van der Waals surface area contributed by atoms with E-state index in [-0.39, 0.29) is 5.60 Å². The van der Waals surface area contributed by atoms with E-state index >= 15 is 0 Å². The van der Waals surface area contributed by atoms with Crippen molar-refractivity contribution >= 4 is 0 Å². The van der Waals surface area contributed by atoms with Crippen LogP contribution < -0.4 is 0 Å². The summed E-state index contributed by atoms with van der Waals surface area (Å²) in [5.41, 5.74) is -0.296. The molecule has 0 bridgehead atoms. The highest BCUT2D eigenvalue weighted by Gasteiger charge is 2.42. The van der Waals surface area contributed by atoms with E-state index in [4.69, 9.17) is 0 Å². The third-order valence-electron chi connectivity index (χ3n) is 3.33. The van der Waals surface area contributed by atoms with Crippen molar-refractivity contribution in [2.45, 2.75) is 52.1 Å². The van der Waals surface area contributed by atoms with Crippen LogP contribution in [0, 0.1) is 11.8 Å². The quantitative estimate of drug-likeness (QED) is 0.666. The van der Waals surface area contributed by atoms with Crippen molar-refractivity contribution in [2.24, 2.45) is 11.8 Å². The molecular formula is C10H20O. The van der Waals surface area contributed by atoms with Gasteiger partial charge in [0, 0.05) is 0 Å². The highest BCUT2D eigenvalue weighted by molar-refractivity contribution is 4.94. The molecule has 1 saturated carbocycles. The van der Waals surface area contributed by atoms with Crippen LogP contribution in [-0.2, 0) is 0 Å². The van der Waals surface area contributed by atoms with Crippen molar-refractivity contribution in [3.63, 3.8) is 0 Å². The Morgan fingerprint density at radius 3 is 2.55 bits per heavy atom. The first-order chi connectivity index (χ1) is 5.08. The van der Waals surface area contributed by atoms with Crippen LogP contribution in [0.25, 0.3) is 0 Å². The Morgan fingerprint density at radius 2 is 2.27 bits per heavy atom. The molecule has 0 aromatic rings. The summed E-state index contributed by atoms with van der Waals surface area (Å²) in [6.45, 7) is 6.58. The zero-order valence-electron chi connectivity index (χ0n) is 7.93. The monoisotopic (exact) mass is 156 g/mol. The Kier molecular flexibility index (Phi) is 2.58. The Bertz CT molecular complexity index is 133. The van der Waals surface area contributed by atoms with E-state index in [9.17, 15) is 5.11 Å². The van der Waals surface area contributed by atoms with Crippen LogP contribution in [0.1, 0.15) is 46.5 Å². The molecule has 0 radical (unpaired) electrons. The van der Waals surface area contributed by atoms with Gasteiger partial charge in [0.15, 0.2) is 0 Å². The number of hydrogen-bond donors (Lipinski definition) is 1. The molecule has 1 N–H and O–H groups in total. The molecule has 0 spiro atoms. The van der Waals surface area contributed by atoms with E-state index in [1.165, 1.54) is 12.8 Å². The lowest BCUT2D eigenvalue weighted by molar-refractivity contribution is -0.101. The van der Waals surface area contributed by atoms with Crippen LogP contribution in [-0.4, -0.2) is 10.7 Å². The van der Waals surface area contributed by atoms with E-state index in [0.29, 0.717) is 11.8 Å². The van der Waals surface area contributed by atoms with Gasteiger partial charge in [-0.25, -0.2) is 0 Å². The molecule has 11 heavy (non-hydrogen) atoms. The zero-order valence-corrected chi connectivity index (χ0v) is 7.93. The maximum absolute atomic E-state index is 9.98. The van der Waals surface area contributed by atoms with Crippen LogP contribution >= 0.6 is 0 Å². The molecule has 1 heteroatoms. The highest BCUT2D eigenvalue weighted by atomic mass is 16.3. The van der Waals surface area contributed by atoms with Crippen LogP contribution in [0.15, 0.2) is 0 Å². The average molecular weight is 156 g/mol. The molecule has 0 aliphatic heterocycles. The van der Waals surface area contributed by atoms with E-state index in [1.807, 2.05) is 0 Å². The molecule has 1 aliphatic carbocycles. The van der Waals surface area contributed by atoms with Gasteiger partial charge >= 0.3 is 0 Å². The minimum Gasteiger partial charge on any atom is -0.390 e. The molecule has 3 unspecified atom stereocenters. The van der Waals surface area contributed by atoms with Gasteiger partial charge in [-0.05, 0) is 31.1 Å². The SMILES string of the molecule is CCC(C)CC1(O)CCC1C. The van der Waals surface area contributed by atoms with E-state index in [0.717, 1.165) is 12.8 Å². The van der Waals surface area contributed by atoms with E-state index in [2.05, 4.69) is 20.8 Å². The fraction of sp³-hybridized carbons (Fsp3) is 1.00. The Morgan fingerprint density at radius 1 is 1.64 bits per heavy atom. The van der Waals surface area contributed by atoms with Crippen LogP contribution in [0.4, 0.5) is 0 Å². The summed E-state index contributed by atoms with van der Waals surface area (Å²) in [5, 5.41) is 9.98. The summed E-state index contributed by atoms with van der Waals surface area (Å²) >= 11 is 0. The first-order valence-corrected chi connectivity index (χ1v) is 4.81. The van der Waals surface area contributed by atoms with Gasteiger partial charge in [-0.3, -0.25) is 0 Å². The fourth-order valence-electron chi connectivity index (χ4n) is 1.82. The van der Waals surface area contributed by atoms with E-state index in [1.54, 1.807) is 0 Å². The molecule has 0 aromatic carbocycles. The van der Waals surface area contributed by atoms with Gasteiger partial charge in [-0.1, -0.05) is 27.2 Å². The number of rotatable bonds is 3. The molecule has 0 saturated heterocycles. The van der Waals surface area contributed by atoms with Gasteiger partial charge in [0.25, 0.3) is 0 Å². The summed E-state index contributed by atoms with van der Waals surface area (Å²) < 4.78 is 0. The van der Waals surface area contributed by atoms with Crippen molar-refractivity contribution in [3.05, 3.63) is 0 Å². The molecule has 3 atom stereocenters. The van der Waals surface area contributed by atoms with Crippen molar-refractivity contribution in [2.75, 3.05) is 0 Å².